The lowest BCUT2D eigenvalue weighted by Gasteiger charge is -2.24. The van der Waals surface area contributed by atoms with E-state index in [9.17, 15) is 9.59 Å². The molecule has 0 spiro atoms. The molecule has 0 aliphatic carbocycles. The molecule has 0 bridgehead atoms. The van der Waals surface area contributed by atoms with Gasteiger partial charge in [-0.2, -0.15) is 0 Å². The first-order valence-corrected chi connectivity index (χ1v) is 7.89. The SMILES string of the molecule is Cc1nccc([C@@H]2CCCN2C(=O)CCn2ccccc2=O)n1. The highest BCUT2D eigenvalue weighted by molar-refractivity contribution is 5.76. The number of carbonyl (C=O) groups excluding carboxylic acids is 1. The molecule has 3 rings (SSSR count). The van der Waals surface area contributed by atoms with Gasteiger partial charge in [0.2, 0.25) is 5.91 Å². The number of pyridine rings is 1. The number of nitrogens with zero attached hydrogens (tertiary/aromatic N) is 4. The van der Waals surface area contributed by atoms with Gasteiger partial charge in [0.25, 0.3) is 5.56 Å². The molecule has 0 saturated carbocycles. The fourth-order valence-corrected chi connectivity index (χ4v) is 3.04. The molecule has 2 aromatic heterocycles. The largest absolute Gasteiger partial charge is 0.334 e. The van der Waals surface area contributed by atoms with Gasteiger partial charge in [-0.3, -0.25) is 9.59 Å². The molecule has 1 aliphatic rings. The molecule has 1 aliphatic heterocycles. The summed E-state index contributed by atoms with van der Waals surface area (Å²) in [5.41, 5.74) is 0.824. The fraction of sp³-hybridized carbons (Fsp3) is 0.412. The lowest BCUT2D eigenvalue weighted by Crippen LogP contribution is -2.32. The molecule has 1 amide bonds. The quantitative estimate of drug-likeness (QED) is 0.862. The summed E-state index contributed by atoms with van der Waals surface area (Å²) >= 11 is 0. The predicted molar refractivity (Wildman–Crippen MR) is 85.8 cm³/mol. The molecule has 1 fully saturated rings. The van der Waals surface area contributed by atoms with Crippen LogP contribution in [-0.4, -0.2) is 31.9 Å². The van der Waals surface area contributed by atoms with Crippen molar-refractivity contribution >= 4 is 5.91 Å². The molecule has 6 heteroatoms. The Morgan fingerprint density at radius 2 is 2.22 bits per heavy atom. The summed E-state index contributed by atoms with van der Waals surface area (Å²) in [4.78, 5) is 34.7. The molecule has 3 heterocycles. The highest BCUT2D eigenvalue weighted by Gasteiger charge is 2.30. The van der Waals surface area contributed by atoms with Crippen molar-refractivity contribution in [1.82, 2.24) is 19.4 Å². The van der Waals surface area contributed by atoms with Crippen molar-refractivity contribution in [2.24, 2.45) is 0 Å². The zero-order valence-electron chi connectivity index (χ0n) is 13.2. The molecule has 1 atom stereocenters. The standard InChI is InChI=1S/C17H20N4O2/c1-13-18-9-7-14(19-13)15-5-4-11-21(15)17(23)8-12-20-10-3-2-6-16(20)22/h2-3,6-7,9-10,15H,4-5,8,11-12H2,1H3/t15-/m0/s1. The van der Waals surface area contributed by atoms with Crippen molar-refractivity contribution in [1.29, 1.82) is 0 Å². The molecular weight excluding hydrogens is 292 g/mol. The Kier molecular flexibility index (Phi) is 4.50. The number of hydrogen-bond donors (Lipinski definition) is 0. The van der Waals surface area contributed by atoms with Crippen LogP contribution in [0.5, 0.6) is 0 Å². The minimum Gasteiger partial charge on any atom is -0.334 e. The zero-order chi connectivity index (χ0) is 16.2. The van der Waals surface area contributed by atoms with E-state index < -0.39 is 0 Å². The third kappa shape index (κ3) is 3.47. The number of amides is 1. The zero-order valence-corrected chi connectivity index (χ0v) is 13.2. The molecule has 6 nitrogen and oxygen atoms in total. The van der Waals surface area contributed by atoms with E-state index in [1.807, 2.05) is 17.9 Å². The average Bonchev–Trinajstić information content (AvgIpc) is 3.03. The highest BCUT2D eigenvalue weighted by atomic mass is 16.2. The van der Waals surface area contributed by atoms with Gasteiger partial charge in [-0.1, -0.05) is 6.07 Å². The average molecular weight is 312 g/mol. The molecule has 1 saturated heterocycles. The van der Waals surface area contributed by atoms with Gasteiger partial charge in [-0.25, -0.2) is 9.97 Å². The Morgan fingerprint density at radius 1 is 1.35 bits per heavy atom. The maximum Gasteiger partial charge on any atom is 0.250 e. The molecular formula is C17H20N4O2. The fourth-order valence-electron chi connectivity index (χ4n) is 3.04. The Labute approximate surface area is 134 Å². The summed E-state index contributed by atoms with van der Waals surface area (Å²) in [5.74, 6) is 0.789. The van der Waals surface area contributed by atoms with Crippen LogP contribution in [0.4, 0.5) is 0 Å². The summed E-state index contributed by atoms with van der Waals surface area (Å²) < 4.78 is 1.57. The summed E-state index contributed by atoms with van der Waals surface area (Å²) in [6, 6.07) is 6.91. The Morgan fingerprint density at radius 3 is 3.00 bits per heavy atom. The third-order valence-corrected chi connectivity index (χ3v) is 4.18. The van der Waals surface area contributed by atoms with Crippen molar-refractivity contribution in [3.63, 3.8) is 0 Å². The van der Waals surface area contributed by atoms with Crippen LogP contribution in [0.25, 0.3) is 0 Å². The van der Waals surface area contributed by atoms with Crippen molar-refractivity contribution in [2.45, 2.75) is 38.8 Å². The predicted octanol–water partition coefficient (Wildman–Crippen LogP) is 1.70. The van der Waals surface area contributed by atoms with E-state index in [2.05, 4.69) is 9.97 Å². The maximum atomic E-state index is 12.6. The number of aryl methyl sites for hydroxylation is 2. The van der Waals surface area contributed by atoms with Gasteiger partial charge in [0.05, 0.1) is 11.7 Å². The van der Waals surface area contributed by atoms with Gasteiger partial charge >= 0.3 is 0 Å². The second-order valence-electron chi connectivity index (χ2n) is 5.76. The van der Waals surface area contributed by atoms with E-state index in [0.717, 1.165) is 30.9 Å². The molecule has 23 heavy (non-hydrogen) atoms. The van der Waals surface area contributed by atoms with Crippen LogP contribution in [0.1, 0.15) is 36.8 Å². The second kappa shape index (κ2) is 6.73. The maximum absolute atomic E-state index is 12.6. The minimum atomic E-state index is -0.0790. The first-order chi connectivity index (χ1) is 11.1. The molecule has 0 radical (unpaired) electrons. The number of aromatic nitrogens is 3. The van der Waals surface area contributed by atoms with E-state index in [-0.39, 0.29) is 17.5 Å². The van der Waals surface area contributed by atoms with Crippen molar-refractivity contribution < 1.29 is 4.79 Å². The Hall–Kier alpha value is -2.50. The normalized spacial score (nSPS) is 17.4. The van der Waals surface area contributed by atoms with Crippen molar-refractivity contribution in [3.8, 4) is 0 Å². The third-order valence-electron chi connectivity index (χ3n) is 4.18. The highest BCUT2D eigenvalue weighted by Crippen LogP contribution is 2.31. The van der Waals surface area contributed by atoms with Crippen LogP contribution in [0.2, 0.25) is 0 Å². The molecule has 0 N–H and O–H groups in total. The van der Waals surface area contributed by atoms with Crippen molar-refractivity contribution in [3.05, 3.63) is 58.5 Å². The Bertz CT molecular complexity index is 756. The number of likely N-dealkylation sites (tertiary alicyclic amines) is 1. The van der Waals surface area contributed by atoms with Crippen LogP contribution in [0, 0.1) is 6.92 Å². The summed E-state index contributed by atoms with van der Waals surface area (Å²) in [6.07, 6.45) is 5.68. The van der Waals surface area contributed by atoms with Crippen LogP contribution in [0.15, 0.2) is 41.5 Å². The monoisotopic (exact) mass is 312 g/mol. The van der Waals surface area contributed by atoms with E-state index in [1.165, 1.54) is 6.07 Å². The minimum absolute atomic E-state index is 0.0247. The van der Waals surface area contributed by atoms with E-state index in [1.54, 1.807) is 29.1 Å². The lowest BCUT2D eigenvalue weighted by atomic mass is 10.1. The topological polar surface area (TPSA) is 68.1 Å². The van der Waals surface area contributed by atoms with Crippen LogP contribution < -0.4 is 5.56 Å². The lowest BCUT2D eigenvalue weighted by molar-refractivity contribution is -0.132. The van der Waals surface area contributed by atoms with Crippen LogP contribution >= 0.6 is 0 Å². The Balaban J connectivity index is 1.69. The van der Waals surface area contributed by atoms with E-state index in [0.29, 0.717) is 13.0 Å². The van der Waals surface area contributed by atoms with Gasteiger partial charge in [-0.05, 0) is 31.9 Å². The first kappa shape index (κ1) is 15.4. The van der Waals surface area contributed by atoms with Gasteiger partial charge in [0, 0.05) is 38.0 Å². The molecule has 0 aromatic carbocycles. The number of hydrogen-bond acceptors (Lipinski definition) is 4. The number of carbonyl (C=O) groups is 1. The van der Waals surface area contributed by atoms with E-state index in [4.69, 9.17) is 0 Å². The summed E-state index contributed by atoms with van der Waals surface area (Å²) in [7, 11) is 0. The van der Waals surface area contributed by atoms with Gasteiger partial charge < -0.3 is 9.47 Å². The van der Waals surface area contributed by atoms with Crippen LogP contribution in [0.3, 0.4) is 0 Å². The smallest absolute Gasteiger partial charge is 0.250 e. The van der Waals surface area contributed by atoms with Crippen molar-refractivity contribution in [2.75, 3.05) is 6.54 Å². The van der Waals surface area contributed by atoms with E-state index >= 15 is 0 Å². The molecule has 2 aromatic rings. The van der Waals surface area contributed by atoms with Gasteiger partial charge in [-0.15, -0.1) is 0 Å². The number of rotatable bonds is 4. The van der Waals surface area contributed by atoms with Gasteiger partial charge in [0.15, 0.2) is 0 Å². The van der Waals surface area contributed by atoms with Crippen LogP contribution in [-0.2, 0) is 11.3 Å². The second-order valence-corrected chi connectivity index (χ2v) is 5.76. The molecule has 120 valence electrons. The van der Waals surface area contributed by atoms with Gasteiger partial charge in [0.1, 0.15) is 5.82 Å². The summed E-state index contributed by atoms with van der Waals surface area (Å²) in [5, 5.41) is 0. The summed E-state index contributed by atoms with van der Waals surface area (Å²) in [6.45, 7) is 3.01. The molecule has 0 unspecified atom stereocenters. The first-order valence-electron chi connectivity index (χ1n) is 7.89.